The molecule has 3 heterocycles. The van der Waals surface area contributed by atoms with Gasteiger partial charge < -0.3 is 36.6 Å². The van der Waals surface area contributed by atoms with Crippen LogP contribution in [-0.2, 0) is 33.9 Å². The molecule has 0 saturated heterocycles. The molecule has 0 radical (unpaired) electrons. The lowest BCUT2D eigenvalue weighted by molar-refractivity contribution is -0.143. The number of carboxylic acids is 2. The number of nitrogens with two attached hydrogens (primary N) is 1. The number of nitrogen functional groups attached to an aromatic ring is 1. The normalized spacial score (nSPS) is 10.2. The van der Waals surface area contributed by atoms with Gasteiger partial charge in [-0.25, -0.2) is 4.79 Å². The highest BCUT2D eigenvalue weighted by molar-refractivity contribution is 6.30. The summed E-state index contributed by atoms with van der Waals surface area (Å²) >= 11 is 5.95. The summed E-state index contributed by atoms with van der Waals surface area (Å²) in [4.78, 5) is 51.4. The number of anilines is 4. The van der Waals surface area contributed by atoms with Crippen molar-refractivity contribution in [3.63, 3.8) is 0 Å². The first kappa shape index (κ1) is 44.2. The number of benzene rings is 4. The van der Waals surface area contributed by atoms with Crippen LogP contribution in [0, 0.1) is 0 Å². The van der Waals surface area contributed by atoms with Crippen LogP contribution in [0.3, 0.4) is 0 Å². The molecule has 0 aliphatic heterocycles. The van der Waals surface area contributed by atoms with Gasteiger partial charge >= 0.3 is 18.0 Å². The van der Waals surface area contributed by atoms with Crippen LogP contribution in [0.1, 0.15) is 45.6 Å². The van der Waals surface area contributed by atoms with E-state index in [1.807, 2.05) is 54.6 Å². The zero-order valence-electron chi connectivity index (χ0n) is 32.6. The number of carboxylic acid groups (broad SMARTS) is 2. The fourth-order valence-electron chi connectivity index (χ4n) is 5.40. The number of aliphatic carboxylic acids is 2. The second-order valence-corrected chi connectivity index (χ2v) is 13.5. The number of para-hydroxylation sites is 2. The number of alkyl carbamates (subject to hydrolysis) is 1. The zero-order chi connectivity index (χ0) is 43.4. The molecule has 0 aliphatic carbocycles. The maximum atomic E-state index is 12.3. The molecular weight excluding hydrogens is 800 g/mol. The molecule has 4 aromatic carbocycles. The number of halogens is 1. The van der Waals surface area contributed by atoms with Gasteiger partial charge in [-0.3, -0.25) is 24.4 Å². The second kappa shape index (κ2) is 22.9. The van der Waals surface area contributed by atoms with Crippen LogP contribution in [-0.4, -0.2) is 54.3 Å². The van der Waals surface area contributed by atoms with Crippen LogP contribution in [0.2, 0.25) is 5.02 Å². The lowest BCUT2D eigenvalue weighted by atomic mass is 10.0. The van der Waals surface area contributed by atoms with Gasteiger partial charge in [0.2, 0.25) is 0 Å². The van der Waals surface area contributed by atoms with E-state index >= 15 is 0 Å². The SMILES string of the molecule is Clc1ccc(Nc2nnc(Cc3ccncc3)c3ccccc23)cc1.Nc1ccccc1NC(=O)c1ccc(CNC(=O)OCc2cccnc2)cc1.O=C(O)CCC(=O)O. The first-order valence-electron chi connectivity index (χ1n) is 18.7. The van der Waals surface area contributed by atoms with Crippen LogP contribution in [0.15, 0.2) is 146 Å². The van der Waals surface area contributed by atoms with Crippen molar-refractivity contribution in [2.45, 2.75) is 32.4 Å². The summed E-state index contributed by atoms with van der Waals surface area (Å²) in [6.45, 7) is 0.445. The number of carbonyl (C=O) groups is 4. The molecule has 310 valence electrons. The predicted molar refractivity (Wildman–Crippen MR) is 232 cm³/mol. The van der Waals surface area contributed by atoms with E-state index < -0.39 is 18.0 Å². The predicted octanol–water partition coefficient (Wildman–Crippen LogP) is 8.29. The lowest BCUT2D eigenvalue weighted by Gasteiger charge is -2.11. The van der Waals surface area contributed by atoms with E-state index in [-0.39, 0.29) is 25.4 Å². The monoisotopic (exact) mass is 840 g/mol. The van der Waals surface area contributed by atoms with Crippen LogP contribution < -0.4 is 21.7 Å². The number of carbonyl (C=O) groups excluding carboxylic acids is 2. The molecule has 7 aromatic rings. The highest BCUT2D eigenvalue weighted by Crippen LogP contribution is 2.27. The van der Waals surface area contributed by atoms with Gasteiger partial charge in [0.15, 0.2) is 5.82 Å². The van der Waals surface area contributed by atoms with Gasteiger partial charge in [-0.05, 0) is 77.9 Å². The highest BCUT2D eigenvalue weighted by Gasteiger charge is 2.11. The summed E-state index contributed by atoms with van der Waals surface area (Å²) in [5.41, 5.74) is 12.1. The third-order valence-electron chi connectivity index (χ3n) is 8.50. The van der Waals surface area contributed by atoms with E-state index in [1.54, 1.807) is 79.4 Å². The molecule has 15 nitrogen and oxygen atoms in total. The summed E-state index contributed by atoms with van der Waals surface area (Å²) in [6.07, 6.45) is 6.48. The van der Waals surface area contributed by atoms with E-state index in [2.05, 4.69) is 48.2 Å². The third kappa shape index (κ3) is 14.8. The Morgan fingerprint density at radius 3 is 2.00 bits per heavy atom. The van der Waals surface area contributed by atoms with E-state index in [4.69, 9.17) is 32.3 Å². The van der Waals surface area contributed by atoms with Gasteiger partial charge in [0.05, 0.1) is 29.9 Å². The van der Waals surface area contributed by atoms with Crippen LogP contribution >= 0.6 is 11.6 Å². The first-order valence-corrected chi connectivity index (χ1v) is 19.1. The van der Waals surface area contributed by atoms with Gasteiger partial charge in [0.1, 0.15) is 6.61 Å². The number of amides is 2. The molecule has 0 fully saturated rings. The van der Waals surface area contributed by atoms with Crippen molar-refractivity contribution in [1.82, 2.24) is 25.5 Å². The molecule has 0 spiro atoms. The number of aromatic nitrogens is 4. The number of hydrogen-bond acceptors (Lipinski definition) is 11. The van der Waals surface area contributed by atoms with Gasteiger partial charge in [-0.1, -0.05) is 66.2 Å². The fourth-order valence-corrected chi connectivity index (χ4v) is 5.52. The second-order valence-electron chi connectivity index (χ2n) is 13.0. The number of nitrogens with one attached hydrogen (secondary N) is 3. The summed E-state index contributed by atoms with van der Waals surface area (Å²) in [5, 5.41) is 36.3. The molecule has 0 aliphatic rings. The average Bonchev–Trinajstić information content (AvgIpc) is 3.28. The van der Waals surface area contributed by atoms with Gasteiger partial charge in [-0.2, -0.15) is 5.10 Å². The standard InChI is InChI=1S/C21H20N4O3.C20H15ClN4.C4H6O4/c22-18-5-1-2-6-19(18)25-20(26)17-9-7-15(8-10-17)13-24-21(27)28-14-16-4-3-11-23-12-16;21-15-5-7-16(8-6-15)23-20-18-4-2-1-3-17(18)19(24-25-20)13-14-9-11-22-12-10-14;5-3(6)1-2-4(7)8/h1-12H,13-14,22H2,(H,24,27)(H,25,26);1-12H,13H2,(H,23,25);1-2H2,(H,5,6)(H,7,8). The molecule has 3 aromatic heterocycles. The summed E-state index contributed by atoms with van der Waals surface area (Å²) < 4.78 is 5.12. The molecule has 2 amide bonds. The Morgan fingerprint density at radius 2 is 1.34 bits per heavy atom. The summed E-state index contributed by atoms with van der Waals surface area (Å²) in [6, 6.07) is 37.3. The Morgan fingerprint density at radius 1 is 0.672 bits per heavy atom. The Hall–Kier alpha value is -7.91. The van der Waals surface area contributed by atoms with E-state index in [0.717, 1.165) is 51.1 Å². The zero-order valence-corrected chi connectivity index (χ0v) is 33.3. The molecule has 7 rings (SSSR count). The minimum absolute atomic E-state index is 0.154. The highest BCUT2D eigenvalue weighted by atomic mass is 35.5. The molecule has 16 heteroatoms. The largest absolute Gasteiger partial charge is 0.481 e. The topological polar surface area (TPSA) is 232 Å². The van der Waals surface area contributed by atoms with Crippen molar-refractivity contribution < 1.29 is 34.1 Å². The van der Waals surface area contributed by atoms with Gasteiger partial charge in [0, 0.05) is 70.4 Å². The van der Waals surface area contributed by atoms with E-state index in [1.165, 1.54) is 0 Å². The van der Waals surface area contributed by atoms with Gasteiger partial charge in [-0.15, -0.1) is 5.10 Å². The Labute approximate surface area is 355 Å². The lowest BCUT2D eigenvalue weighted by Crippen LogP contribution is -2.23. The molecule has 0 unspecified atom stereocenters. The summed E-state index contributed by atoms with van der Waals surface area (Å²) in [7, 11) is 0. The Kier molecular flexibility index (Phi) is 16.6. The van der Waals surface area contributed by atoms with Crippen molar-refractivity contribution in [3.8, 4) is 0 Å². The number of hydrogen-bond donors (Lipinski definition) is 6. The van der Waals surface area contributed by atoms with Crippen molar-refractivity contribution in [2.24, 2.45) is 0 Å². The van der Waals surface area contributed by atoms with Crippen LogP contribution in [0.25, 0.3) is 10.8 Å². The van der Waals surface area contributed by atoms with Gasteiger partial charge in [0.25, 0.3) is 5.91 Å². The van der Waals surface area contributed by atoms with E-state index in [0.29, 0.717) is 28.5 Å². The minimum atomic E-state index is -1.08. The number of ether oxygens (including phenoxy) is 1. The quantitative estimate of drug-likeness (QED) is 0.0601. The molecule has 0 atom stereocenters. The summed E-state index contributed by atoms with van der Waals surface area (Å²) in [5.74, 6) is -1.68. The molecule has 61 heavy (non-hydrogen) atoms. The Bertz CT molecular complexity index is 2520. The smallest absolute Gasteiger partial charge is 0.407 e. The van der Waals surface area contributed by atoms with Crippen molar-refractivity contribution in [2.75, 3.05) is 16.4 Å². The maximum absolute atomic E-state index is 12.3. The first-order chi connectivity index (χ1) is 29.5. The van der Waals surface area contributed by atoms with Crippen LogP contribution in [0.5, 0.6) is 0 Å². The average molecular weight is 841 g/mol. The van der Waals surface area contributed by atoms with Crippen molar-refractivity contribution in [1.29, 1.82) is 0 Å². The maximum Gasteiger partial charge on any atom is 0.407 e. The third-order valence-corrected chi connectivity index (χ3v) is 8.75. The minimum Gasteiger partial charge on any atom is -0.481 e. The molecular formula is C45H41ClN8O7. The van der Waals surface area contributed by atoms with Crippen molar-refractivity contribution >= 4 is 69.2 Å². The number of rotatable bonds is 13. The molecule has 0 saturated carbocycles. The molecule has 7 N–H and O–H groups in total. The van der Waals surface area contributed by atoms with E-state index in [9.17, 15) is 19.2 Å². The number of nitrogens with zero attached hydrogens (tertiary/aromatic N) is 4. The number of pyridine rings is 2. The fraction of sp³-hybridized carbons (Fsp3) is 0.111. The number of fused-ring (bicyclic) bond motifs is 1. The molecule has 0 bridgehead atoms. The Balaban J connectivity index is 0.000000197. The van der Waals surface area contributed by atoms with Crippen LogP contribution in [0.4, 0.5) is 27.7 Å². The van der Waals surface area contributed by atoms with Crippen molar-refractivity contribution in [3.05, 3.63) is 179 Å².